The second-order valence-electron chi connectivity index (χ2n) is 7.51. The third-order valence-electron chi connectivity index (χ3n) is 5.39. The lowest BCUT2D eigenvalue weighted by molar-refractivity contribution is 0.0340. The molecule has 4 aromatic carbocycles. The zero-order valence-electron chi connectivity index (χ0n) is 17.1. The molecule has 0 amide bonds. The van der Waals surface area contributed by atoms with Crippen LogP contribution in [0.5, 0.6) is 0 Å². The maximum absolute atomic E-state index is 14.9. The van der Waals surface area contributed by atoms with Gasteiger partial charge in [0, 0.05) is 16.7 Å². The summed E-state index contributed by atoms with van der Waals surface area (Å²) < 4.78 is 101. The van der Waals surface area contributed by atoms with Gasteiger partial charge in [0.1, 0.15) is 29.1 Å². The van der Waals surface area contributed by atoms with Crippen molar-refractivity contribution in [3.8, 4) is 22.3 Å². The standard InChI is InChI=1S/C26H15F7/c1-14-20(27)12-18(13-21(14)28)26(32,33)25-23(30)10-17(11-24(25)31)19-8-7-16(9-22(19)29)15-5-3-2-4-6-15/h2-13H,1H3. The fourth-order valence-corrected chi connectivity index (χ4v) is 3.56. The van der Waals surface area contributed by atoms with Crippen molar-refractivity contribution in [1.29, 1.82) is 0 Å². The molecule has 0 aliphatic carbocycles. The molecule has 0 atom stereocenters. The molecule has 0 nitrogen and oxygen atoms in total. The predicted molar refractivity (Wildman–Crippen MR) is 111 cm³/mol. The van der Waals surface area contributed by atoms with Crippen LogP contribution < -0.4 is 0 Å². The van der Waals surface area contributed by atoms with E-state index in [0.717, 1.165) is 6.92 Å². The van der Waals surface area contributed by atoms with Gasteiger partial charge >= 0.3 is 5.92 Å². The molecule has 0 fully saturated rings. The summed E-state index contributed by atoms with van der Waals surface area (Å²) in [7, 11) is 0. The first kappa shape index (κ1) is 22.6. The number of rotatable bonds is 4. The van der Waals surface area contributed by atoms with Gasteiger partial charge in [-0.15, -0.1) is 0 Å². The summed E-state index contributed by atoms with van der Waals surface area (Å²) in [6.45, 7) is 1.04. The normalized spacial score (nSPS) is 11.6. The van der Waals surface area contributed by atoms with Gasteiger partial charge < -0.3 is 0 Å². The molecule has 0 N–H and O–H groups in total. The van der Waals surface area contributed by atoms with Crippen molar-refractivity contribution in [2.75, 3.05) is 0 Å². The van der Waals surface area contributed by atoms with E-state index in [1.165, 1.54) is 18.2 Å². The number of hydrogen-bond donors (Lipinski definition) is 0. The highest BCUT2D eigenvalue weighted by Crippen LogP contribution is 2.41. The number of hydrogen-bond acceptors (Lipinski definition) is 0. The van der Waals surface area contributed by atoms with E-state index in [9.17, 15) is 30.7 Å². The summed E-state index contributed by atoms with van der Waals surface area (Å²) in [5.41, 5.74) is -2.70. The molecule has 0 heterocycles. The van der Waals surface area contributed by atoms with E-state index < -0.39 is 51.7 Å². The van der Waals surface area contributed by atoms with Crippen LogP contribution in [0.1, 0.15) is 16.7 Å². The number of halogens is 7. The Morgan fingerprint density at radius 1 is 0.545 bits per heavy atom. The van der Waals surface area contributed by atoms with Gasteiger partial charge in [-0.25, -0.2) is 22.0 Å². The molecular weight excluding hydrogens is 445 g/mol. The van der Waals surface area contributed by atoms with Gasteiger partial charge in [0.15, 0.2) is 0 Å². The fraction of sp³-hybridized carbons (Fsp3) is 0.0769. The Morgan fingerprint density at radius 2 is 1.09 bits per heavy atom. The highest BCUT2D eigenvalue weighted by Gasteiger charge is 2.41. The molecule has 7 heteroatoms. The molecule has 0 spiro atoms. The van der Waals surface area contributed by atoms with Crippen LogP contribution in [0.25, 0.3) is 22.3 Å². The molecule has 0 radical (unpaired) electrons. The maximum atomic E-state index is 14.9. The second-order valence-corrected chi connectivity index (χ2v) is 7.51. The number of alkyl halides is 2. The van der Waals surface area contributed by atoms with Gasteiger partial charge in [-0.3, -0.25) is 0 Å². The number of benzene rings is 4. The van der Waals surface area contributed by atoms with Gasteiger partial charge in [-0.1, -0.05) is 42.5 Å². The first-order valence-corrected chi connectivity index (χ1v) is 9.78. The quantitative estimate of drug-likeness (QED) is 0.270. The largest absolute Gasteiger partial charge is 0.304 e. The van der Waals surface area contributed by atoms with Crippen LogP contribution in [-0.2, 0) is 5.92 Å². The zero-order chi connectivity index (χ0) is 23.9. The summed E-state index contributed by atoms with van der Waals surface area (Å²) in [5.74, 6) is -11.1. The lowest BCUT2D eigenvalue weighted by Gasteiger charge is -2.20. The Morgan fingerprint density at radius 3 is 1.64 bits per heavy atom. The fourth-order valence-electron chi connectivity index (χ4n) is 3.56. The molecule has 0 aliphatic rings. The zero-order valence-corrected chi connectivity index (χ0v) is 17.1. The molecule has 33 heavy (non-hydrogen) atoms. The van der Waals surface area contributed by atoms with E-state index in [2.05, 4.69) is 0 Å². The van der Waals surface area contributed by atoms with Crippen LogP contribution >= 0.6 is 0 Å². The Kier molecular flexibility index (Phi) is 5.74. The third-order valence-corrected chi connectivity index (χ3v) is 5.39. The van der Waals surface area contributed by atoms with Gasteiger partial charge in [-0.05, 0) is 53.9 Å². The van der Waals surface area contributed by atoms with Crippen molar-refractivity contribution < 1.29 is 30.7 Å². The van der Waals surface area contributed by atoms with E-state index in [1.54, 1.807) is 30.3 Å². The highest BCUT2D eigenvalue weighted by molar-refractivity contribution is 5.71. The smallest absolute Gasteiger partial charge is 0.207 e. The molecule has 4 rings (SSSR count). The minimum atomic E-state index is -4.38. The van der Waals surface area contributed by atoms with E-state index in [0.29, 0.717) is 35.4 Å². The maximum Gasteiger partial charge on any atom is 0.304 e. The van der Waals surface area contributed by atoms with E-state index >= 15 is 0 Å². The van der Waals surface area contributed by atoms with Crippen molar-refractivity contribution >= 4 is 0 Å². The van der Waals surface area contributed by atoms with E-state index in [4.69, 9.17) is 0 Å². The summed E-state index contributed by atoms with van der Waals surface area (Å²) in [4.78, 5) is 0. The topological polar surface area (TPSA) is 0 Å². The minimum Gasteiger partial charge on any atom is -0.207 e. The van der Waals surface area contributed by atoms with Crippen molar-refractivity contribution in [1.82, 2.24) is 0 Å². The Bertz CT molecular complexity index is 1300. The lowest BCUT2D eigenvalue weighted by atomic mass is 9.94. The van der Waals surface area contributed by atoms with E-state index in [1.807, 2.05) is 0 Å². The molecule has 0 unspecified atom stereocenters. The summed E-state index contributed by atoms with van der Waals surface area (Å²) in [6.07, 6.45) is 0. The molecule has 0 saturated carbocycles. The van der Waals surface area contributed by atoms with E-state index in [-0.39, 0.29) is 11.1 Å². The second kappa shape index (κ2) is 8.39. The minimum absolute atomic E-state index is 0.199. The SMILES string of the molecule is Cc1c(F)cc(C(F)(F)c2c(F)cc(-c3ccc(-c4ccccc4)cc3F)cc2F)cc1F. The summed E-state index contributed by atoms with van der Waals surface area (Å²) in [5, 5.41) is 0. The van der Waals surface area contributed by atoms with Gasteiger partial charge in [0.05, 0.1) is 5.56 Å². The average Bonchev–Trinajstić information content (AvgIpc) is 2.77. The van der Waals surface area contributed by atoms with Gasteiger partial charge in [-0.2, -0.15) is 8.78 Å². The van der Waals surface area contributed by atoms with Crippen LogP contribution in [0.4, 0.5) is 30.7 Å². The summed E-state index contributed by atoms with van der Waals surface area (Å²) in [6, 6.07) is 14.6. The van der Waals surface area contributed by atoms with Crippen molar-refractivity contribution in [2.24, 2.45) is 0 Å². The van der Waals surface area contributed by atoms with Crippen LogP contribution in [0, 0.1) is 36.0 Å². The van der Waals surface area contributed by atoms with Gasteiger partial charge in [0.25, 0.3) is 0 Å². The molecule has 0 aliphatic heterocycles. The molecule has 4 aromatic rings. The average molecular weight is 460 g/mol. The van der Waals surface area contributed by atoms with Crippen LogP contribution in [0.3, 0.4) is 0 Å². The Labute approximate surface area is 184 Å². The van der Waals surface area contributed by atoms with Crippen LogP contribution in [0.15, 0.2) is 72.8 Å². The molecule has 0 bridgehead atoms. The first-order valence-electron chi connectivity index (χ1n) is 9.78. The van der Waals surface area contributed by atoms with Gasteiger partial charge in [0.2, 0.25) is 0 Å². The summed E-state index contributed by atoms with van der Waals surface area (Å²) >= 11 is 0. The molecule has 0 aromatic heterocycles. The molecule has 0 saturated heterocycles. The molecular formula is C26H15F7. The Hall–Kier alpha value is -3.61. The van der Waals surface area contributed by atoms with Crippen molar-refractivity contribution in [3.63, 3.8) is 0 Å². The molecule has 168 valence electrons. The van der Waals surface area contributed by atoms with Crippen molar-refractivity contribution in [2.45, 2.75) is 12.8 Å². The van der Waals surface area contributed by atoms with Crippen LogP contribution in [0.2, 0.25) is 0 Å². The van der Waals surface area contributed by atoms with Crippen molar-refractivity contribution in [3.05, 3.63) is 119 Å². The highest BCUT2D eigenvalue weighted by atomic mass is 19.3. The predicted octanol–water partition coefficient (Wildman–Crippen LogP) is 8.16. The van der Waals surface area contributed by atoms with Crippen LogP contribution in [-0.4, -0.2) is 0 Å². The first-order chi connectivity index (χ1) is 15.6. The monoisotopic (exact) mass is 460 g/mol. The Balaban J connectivity index is 1.77. The third kappa shape index (κ3) is 4.11. The lowest BCUT2D eigenvalue weighted by Crippen LogP contribution is -2.20.